The van der Waals surface area contributed by atoms with E-state index in [1.165, 1.54) is 25.5 Å². The third kappa shape index (κ3) is 5.48. The molecule has 5 N–H and O–H groups in total. The molecule has 1 saturated carbocycles. The lowest BCUT2D eigenvalue weighted by Crippen LogP contribution is -2.59. The summed E-state index contributed by atoms with van der Waals surface area (Å²) in [6, 6.07) is 3.94. The zero-order valence-corrected chi connectivity index (χ0v) is 22.7. The van der Waals surface area contributed by atoms with Crippen molar-refractivity contribution in [1.82, 2.24) is 10.6 Å². The average molecular weight is 519 g/mol. The number of sulfone groups is 1. The van der Waals surface area contributed by atoms with Crippen molar-refractivity contribution < 1.29 is 18.0 Å². The minimum Gasteiger partial charge on any atom is -0.374 e. The predicted octanol–water partition coefficient (Wildman–Crippen LogP) is 2.66. The molecule has 1 amide bonds. The molecule has 36 heavy (non-hydrogen) atoms. The number of nitrogens with one attached hydrogen (secondary N) is 3. The van der Waals surface area contributed by atoms with E-state index >= 15 is 0 Å². The lowest BCUT2D eigenvalue weighted by molar-refractivity contribution is -0.131. The van der Waals surface area contributed by atoms with Gasteiger partial charge in [0.1, 0.15) is 0 Å². The zero-order chi connectivity index (χ0) is 26.1. The minimum atomic E-state index is -3.49. The SMILES string of the molecule is CC(C)(N)C(=O)NC(CCC1CCCCC1)C(=O)[C@@H]1Nc2cccc(S(C)(=O)=O)c2C12CCNCC2. The van der Waals surface area contributed by atoms with Gasteiger partial charge in [0.2, 0.25) is 5.91 Å². The third-order valence-corrected chi connectivity index (χ3v) is 9.52. The number of hydrogen-bond donors (Lipinski definition) is 4. The van der Waals surface area contributed by atoms with Crippen molar-refractivity contribution in [2.75, 3.05) is 24.7 Å². The number of nitrogens with two attached hydrogens (primary N) is 1. The van der Waals surface area contributed by atoms with Gasteiger partial charge < -0.3 is 21.7 Å². The molecule has 1 saturated heterocycles. The van der Waals surface area contributed by atoms with Crippen LogP contribution in [0, 0.1) is 5.92 Å². The summed E-state index contributed by atoms with van der Waals surface area (Å²) < 4.78 is 25.5. The predicted molar refractivity (Wildman–Crippen MR) is 142 cm³/mol. The zero-order valence-electron chi connectivity index (χ0n) is 21.9. The molecule has 4 rings (SSSR count). The molecule has 9 heteroatoms. The van der Waals surface area contributed by atoms with E-state index in [1.54, 1.807) is 26.0 Å². The van der Waals surface area contributed by atoms with Gasteiger partial charge in [-0.05, 0) is 70.7 Å². The first-order valence-corrected chi connectivity index (χ1v) is 15.3. The standard InChI is InChI=1S/C27H42N4O4S/c1-26(2,28)25(33)31-20(13-12-18-8-5-4-6-9-18)23(32)24-27(14-16-29-17-15-27)22-19(30-24)10-7-11-21(22)36(3,34)35/h7,10-11,18,20,24,29-30H,4-6,8-9,12-17,28H2,1-3H3,(H,31,33)/t20?,24-/m0/s1. The second kappa shape index (κ2) is 10.4. The summed E-state index contributed by atoms with van der Waals surface area (Å²) >= 11 is 0. The Morgan fingerprint density at radius 1 is 1.17 bits per heavy atom. The van der Waals surface area contributed by atoms with E-state index in [2.05, 4.69) is 16.0 Å². The molecule has 3 aliphatic rings. The van der Waals surface area contributed by atoms with E-state index < -0.39 is 32.9 Å². The van der Waals surface area contributed by atoms with Crippen LogP contribution in [0.1, 0.15) is 77.2 Å². The maximum absolute atomic E-state index is 14.3. The highest BCUT2D eigenvalue weighted by molar-refractivity contribution is 7.90. The van der Waals surface area contributed by atoms with Crippen molar-refractivity contribution in [3.63, 3.8) is 0 Å². The van der Waals surface area contributed by atoms with Gasteiger partial charge in [-0.1, -0.05) is 38.2 Å². The van der Waals surface area contributed by atoms with Crippen LogP contribution in [0.25, 0.3) is 0 Å². The van der Waals surface area contributed by atoms with Crippen LogP contribution >= 0.6 is 0 Å². The lowest BCUT2D eigenvalue weighted by atomic mass is 9.67. The van der Waals surface area contributed by atoms with Gasteiger partial charge in [-0.2, -0.15) is 0 Å². The minimum absolute atomic E-state index is 0.0824. The van der Waals surface area contributed by atoms with Crippen LogP contribution in [0.15, 0.2) is 23.1 Å². The van der Waals surface area contributed by atoms with Gasteiger partial charge in [-0.3, -0.25) is 9.59 Å². The van der Waals surface area contributed by atoms with Gasteiger partial charge in [-0.15, -0.1) is 0 Å². The van der Waals surface area contributed by atoms with Gasteiger partial charge in [0.25, 0.3) is 0 Å². The molecule has 1 aromatic carbocycles. The smallest absolute Gasteiger partial charge is 0.240 e. The Morgan fingerprint density at radius 2 is 1.83 bits per heavy atom. The summed E-state index contributed by atoms with van der Waals surface area (Å²) in [7, 11) is -3.49. The van der Waals surface area contributed by atoms with Crippen molar-refractivity contribution in [3.05, 3.63) is 23.8 Å². The molecule has 1 aliphatic carbocycles. The highest BCUT2D eigenvalue weighted by atomic mass is 32.2. The second-order valence-corrected chi connectivity index (χ2v) is 13.7. The van der Waals surface area contributed by atoms with Gasteiger partial charge in [-0.25, -0.2) is 8.42 Å². The molecule has 1 unspecified atom stereocenters. The van der Waals surface area contributed by atoms with Gasteiger partial charge in [0, 0.05) is 22.9 Å². The molecule has 200 valence electrons. The van der Waals surface area contributed by atoms with Crippen molar-refractivity contribution in [1.29, 1.82) is 0 Å². The first-order valence-electron chi connectivity index (χ1n) is 13.4. The molecular weight excluding hydrogens is 476 g/mol. The van der Waals surface area contributed by atoms with Crippen LogP contribution in [0.3, 0.4) is 0 Å². The highest BCUT2D eigenvalue weighted by Crippen LogP contribution is 2.50. The monoisotopic (exact) mass is 518 g/mol. The maximum Gasteiger partial charge on any atom is 0.240 e. The maximum atomic E-state index is 14.3. The molecule has 1 spiro atoms. The number of amides is 1. The number of fused-ring (bicyclic) bond motifs is 2. The van der Waals surface area contributed by atoms with E-state index in [0.29, 0.717) is 44.0 Å². The van der Waals surface area contributed by atoms with Gasteiger partial charge in [0.05, 0.1) is 22.5 Å². The van der Waals surface area contributed by atoms with Crippen molar-refractivity contribution in [2.45, 2.75) is 99.6 Å². The Bertz CT molecular complexity index is 1080. The second-order valence-electron chi connectivity index (χ2n) is 11.7. The fourth-order valence-electron chi connectivity index (χ4n) is 6.38. The third-order valence-electron chi connectivity index (χ3n) is 8.38. The molecule has 1 aromatic rings. The number of rotatable bonds is 8. The summed E-state index contributed by atoms with van der Waals surface area (Å²) in [5.74, 6) is 0.132. The first-order chi connectivity index (χ1) is 16.9. The van der Waals surface area contributed by atoms with Crippen LogP contribution in [0.2, 0.25) is 0 Å². The largest absolute Gasteiger partial charge is 0.374 e. The van der Waals surface area contributed by atoms with Gasteiger partial charge in [0.15, 0.2) is 15.6 Å². The summed E-state index contributed by atoms with van der Waals surface area (Å²) in [6.07, 6.45) is 9.98. The summed E-state index contributed by atoms with van der Waals surface area (Å²) in [5.41, 5.74) is 5.75. The number of benzene rings is 1. The van der Waals surface area contributed by atoms with Crippen LogP contribution in [-0.2, 0) is 24.8 Å². The average Bonchev–Trinajstić information content (AvgIpc) is 3.14. The Hall–Kier alpha value is -1.97. The molecule has 0 bridgehead atoms. The number of piperidine rings is 1. The van der Waals surface area contributed by atoms with E-state index in [9.17, 15) is 18.0 Å². The molecule has 2 aliphatic heterocycles. The number of Topliss-reactive ketones (excluding diaryl/α,β-unsaturated/α-hetero) is 1. The fourth-order valence-corrected chi connectivity index (χ4v) is 7.39. The van der Waals surface area contributed by atoms with Crippen LogP contribution in [0.4, 0.5) is 5.69 Å². The highest BCUT2D eigenvalue weighted by Gasteiger charge is 2.53. The molecule has 0 radical (unpaired) electrons. The topological polar surface area (TPSA) is 130 Å². The molecule has 2 fully saturated rings. The number of anilines is 1. The van der Waals surface area contributed by atoms with Crippen molar-refractivity contribution in [2.24, 2.45) is 11.7 Å². The number of carbonyl (C=O) groups excluding carboxylic acids is 2. The Balaban J connectivity index is 1.68. The molecule has 8 nitrogen and oxygen atoms in total. The first kappa shape index (κ1) is 27.1. The van der Waals surface area contributed by atoms with Crippen molar-refractivity contribution in [3.8, 4) is 0 Å². The lowest BCUT2D eigenvalue weighted by Gasteiger charge is -2.40. The number of carbonyl (C=O) groups is 2. The molecule has 2 heterocycles. The molecule has 2 atom stereocenters. The van der Waals surface area contributed by atoms with Gasteiger partial charge >= 0.3 is 0 Å². The quantitative estimate of drug-likeness (QED) is 0.416. The summed E-state index contributed by atoms with van der Waals surface area (Å²) in [4.78, 5) is 27.5. The molecule has 0 aromatic heterocycles. The van der Waals surface area contributed by atoms with E-state index in [0.717, 1.165) is 24.8 Å². The van der Waals surface area contributed by atoms with E-state index in [4.69, 9.17) is 5.73 Å². The Kier molecular flexibility index (Phi) is 7.84. The normalized spacial score (nSPS) is 23.1. The summed E-state index contributed by atoms with van der Waals surface area (Å²) in [5, 5.41) is 9.75. The fraction of sp³-hybridized carbons (Fsp3) is 0.704. The number of hydrogen-bond acceptors (Lipinski definition) is 7. The van der Waals surface area contributed by atoms with E-state index in [1.807, 2.05) is 6.07 Å². The summed E-state index contributed by atoms with van der Waals surface area (Å²) in [6.45, 7) is 4.67. The number of ketones is 1. The Morgan fingerprint density at radius 3 is 2.44 bits per heavy atom. The van der Waals surface area contributed by atoms with Crippen molar-refractivity contribution >= 4 is 27.2 Å². The van der Waals surface area contributed by atoms with Crippen LogP contribution < -0.4 is 21.7 Å². The Labute approximate surface area is 215 Å². The van der Waals surface area contributed by atoms with Crippen LogP contribution in [0.5, 0.6) is 0 Å². The van der Waals surface area contributed by atoms with Crippen LogP contribution in [-0.4, -0.2) is 57.1 Å². The molecular formula is C27H42N4O4S. The van der Waals surface area contributed by atoms with E-state index in [-0.39, 0.29) is 16.6 Å².